The summed E-state index contributed by atoms with van der Waals surface area (Å²) in [7, 11) is 2.63. The molecule has 0 aliphatic carbocycles. The van der Waals surface area contributed by atoms with E-state index in [1.807, 2.05) is 0 Å². The van der Waals surface area contributed by atoms with Gasteiger partial charge in [0.1, 0.15) is 11.4 Å². The van der Waals surface area contributed by atoms with Gasteiger partial charge in [0.2, 0.25) is 11.7 Å². The van der Waals surface area contributed by atoms with Crippen LogP contribution < -0.4 is 9.47 Å². The second kappa shape index (κ2) is 10.8. The van der Waals surface area contributed by atoms with Gasteiger partial charge in [0.15, 0.2) is 0 Å². The molecular formula is C19H21F2N5O4. The summed E-state index contributed by atoms with van der Waals surface area (Å²) in [5.74, 6) is -0.582. The highest BCUT2D eigenvalue weighted by Gasteiger charge is 2.21. The van der Waals surface area contributed by atoms with E-state index >= 15 is 0 Å². The average Bonchev–Trinajstić information content (AvgIpc) is 2.74. The van der Waals surface area contributed by atoms with Crippen molar-refractivity contribution in [3.05, 3.63) is 36.2 Å². The Morgan fingerprint density at radius 3 is 2.73 bits per heavy atom. The summed E-state index contributed by atoms with van der Waals surface area (Å²) in [6.07, 6.45) is 1.44. The van der Waals surface area contributed by atoms with Crippen molar-refractivity contribution in [3.63, 3.8) is 0 Å². The van der Waals surface area contributed by atoms with Crippen molar-refractivity contribution in [2.75, 3.05) is 20.8 Å². The normalized spacial score (nSPS) is 11.2. The van der Waals surface area contributed by atoms with Gasteiger partial charge in [-0.05, 0) is 19.1 Å². The molecule has 2 rings (SSSR count). The Balaban J connectivity index is 2.43. The second-order valence-corrected chi connectivity index (χ2v) is 5.59. The lowest BCUT2D eigenvalue weighted by Gasteiger charge is -2.18. The fourth-order valence-electron chi connectivity index (χ4n) is 2.49. The zero-order valence-corrected chi connectivity index (χ0v) is 16.7. The molecular weight excluding hydrogens is 400 g/mol. The van der Waals surface area contributed by atoms with Crippen molar-refractivity contribution in [2.45, 2.75) is 20.1 Å². The summed E-state index contributed by atoms with van der Waals surface area (Å²) in [6.45, 7) is 2.58. The number of hydrogen-bond donors (Lipinski definition) is 0. The van der Waals surface area contributed by atoms with Crippen LogP contribution in [0.15, 0.2) is 40.6 Å². The third-order valence-corrected chi connectivity index (χ3v) is 3.71. The van der Waals surface area contributed by atoms with E-state index in [0.717, 1.165) is 0 Å². The largest absolute Gasteiger partial charge is 0.476 e. The maximum atomic E-state index is 12.6. The Morgan fingerprint density at radius 2 is 2.13 bits per heavy atom. The van der Waals surface area contributed by atoms with Crippen LogP contribution in [0.1, 0.15) is 12.6 Å². The first-order chi connectivity index (χ1) is 14.4. The van der Waals surface area contributed by atoms with Crippen molar-refractivity contribution >= 4 is 18.5 Å². The highest BCUT2D eigenvalue weighted by molar-refractivity contribution is 6.35. The van der Waals surface area contributed by atoms with Crippen molar-refractivity contribution in [1.82, 2.24) is 15.0 Å². The van der Waals surface area contributed by atoms with E-state index in [9.17, 15) is 13.6 Å². The molecule has 0 amide bonds. The standard InChI is InChI=1S/C19H21F2N5O4/c1-5-29-17-15(12-7-6-8-14(9-12)30-19(20)21)25-13(10-24-17)11-26(23-3)16(22-2)18(27)28-4/h6-10,19H,3,5,11H2,1-2,4H3/b22-16-. The number of aromatic nitrogens is 2. The molecule has 0 aliphatic rings. The van der Waals surface area contributed by atoms with Gasteiger partial charge in [-0.2, -0.15) is 13.9 Å². The smallest absolute Gasteiger partial charge is 0.387 e. The number of halogens is 2. The van der Waals surface area contributed by atoms with E-state index in [0.29, 0.717) is 23.6 Å². The second-order valence-electron chi connectivity index (χ2n) is 5.59. The van der Waals surface area contributed by atoms with E-state index in [1.54, 1.807) is 19.1 Å². The number of hydrazone groups is 1. The molecule has 0 fully saturated rings. The maximum Gasteiger partial charge on any atom is 0.387 e. The number of rotatable bonds is 8. The lowest BCUT2D eigenvalue weighted by Crippen LogP contribution is -2.33. The van der Waals surface area contributed by atoms with Crippen LogP contribution >= 0.6 is 0 Å². The van der Waals surface area contributed by atoms with Crippen LogP contribution in [-0.2, 0) is 16.1 Å². The molecule has 0 N–H and O–H groups in total. The summed E-state index contributed by atoms with van der Waals surface area (Å²) >= 11 is 0. The van der Waals surface area contributed by atoms with Gasteiger partial charge in [0.05, 0.1) is 32.2 Å². The number of nitrogens with zero attached hydrogens (tertiary/aromatic N) is 5. The number of hydrogen-bond acceptors (Lipinski definition) is 8. The molecule has 2 aromatic rings. The van der Waals surface area contributed by atoms with E-state index < -0.39 is 12.6 Å². The number of alkyl halides is 2. The van der Waals surface area contributed by atoms with Gasteiger partial charge in [-0.15, -0.1) is 0 Å². The molecule has 30 heavy (non-hydrogen) atoms. The van der Waals surface area contributed by atoms with Gasteiger partial charge in [0.25, 0.3) is 0 Å². The summed E-state index contributed by atoms with van der Waals surface area (Å²) < 4.78 is 39.8. The predicted octanol–water partition coefficient (Wildman–Crippen LogP) is 2.76. The number of aliphatic imine (C=N–C) groups is 1. The highest BCUT2D eigenvalue weighted by Crippen LogP contribution is 2.29. The molecule has 0 radical (unpaired) electrons. The lowest BCUT2D eigenvalue weighted by atomic mass is 10.1. The fraction of sp³-hybridized carbons (Fsp3) is 0.316. The first-order valence-electron chi connectivity index (χ1n) is 8.76. The number of ether oxygens (including phenoxy) is 3. The summed E-state index contributed by atoms with van der Waals surface area (Å²) in [6, 6.07) is 6.01. The minimum atomic E-state index is -2.96. The molecule has 9 nitrogen and oxygen atoms in total. The number of esters is 1. The number of methoxy groups -OCH3 is 1. The average molecular weight is 421 g/mol. The van der Waals surface area contributed by atoms with Crippen LogP contribution in [0, 0.1) is 0 Å². The van der Waals surface area contributed by atoms with Crippen LogP contribution in [0.5, 0.6) is 11.6 Å². The number of carbonyl (C=O) groups is 1. The zero-order valence-electron chi connectivity index (χ0n) is 16.7. The molecule has 11 heteroatoms. The highest BCUT2D eigenvalue weighted by atomic mass is 19.3. The van der Waals surface area contributed by atoms with Gasteiger partial charge < -0.3 is 14.2 Å². The molecule has 0 spiro atoms. The first kappa shape index (κ1) is 22.7. The number of amidine groups is 1. The van der Waals surface area contributed by atoms with E-state index in [4.69, 9.17) is 4.74 Å². The Kier molecular flexibility index (Phi) is 8.15. The number of benzene rings is 1. The maximum absolute atomic E-state index is 12.6. The Labute approximate surface area is 172 Å². The molecule has 0 saturated heterocycles. The molecule has 1 aromatic carbocycles. The third-order valence-electron chi connectivity index (χ3n) is 3.71. The summed E-state index contributed by atoms with van der Waals surface area (Å²) in [4.78, 5) is 24.5. The molecule has 0 aliphatic heterocycles. The summed E-state index contributed by atoms with van der Waals surface area (Å²) in [5.41, 5.74) is 1.17. The Hall–Kier alpha value is -3.63. The van der Waals surface area contributed by atoms with Gasteiger partial charge in [-0.3, -0.25) is 4.99 Å². The minimum Gasteiger partial charge on any atom is -0.476 e. The van der Waals surface area contributed by atoms with Gasteiger partial charge >= 0.3 is 12.6 Å². The van der Waals surface area contributed by atoms with Gasteiger partial charge in [-0.25, -0.2) is 19.8 Å². The van der Waals surface area contributed by atoms with E-state index in [1.165, 1.54) is 37.5 Å². The summed E-state index contributed by atoms with van der Waals surface area (Å²) in [5, 5.41) is 4.99. The predicted molar refractivity (Wildman–Crippen MR) is 106 cm³/mol. The van der Waals surface area contributed by atoms with Gasteiger partial charge in [-0.1, -0.05) is 12.1 Å². The molecule has 0 unspecified atom stereocenters. The van der Waals surface area contributed by atoms with Crippen LogP contribution in [0.3, 0.4) is 0 Å². The Bertz CT molecular complexity index is 924. The van der Waals surface area contributed by atoms with Crippen molar-refractivity contribution in [2.24, 2.45) is 10.1 Å². The molecule has 0 bridgehead atoms. The molecule has 0 saturated carbocycles. The van der Waals surface area contributed by atoms with Crippen LogP contribution in [0.25, 0.3) is 11.3 Å². The first-order valence-corrected chi connectivity index (χ1v) is 8.76. The van der Waals surface area contributed by atoms with Gasteiger partial charge in [0, 0.05) is 19.3 Å². The van der Waals surface area contributed by atoms with Crippen LogP contribution in [0.2, 0.25) is 0 Å². The van der Waals surface area contributed by atoms with E-state index in [-0.39, 0.29) is 24.0 Å². The molecule has 1 aromatic heterocycles. The SMILES string of the molecule is C=NN(Cc1cnc(OCC)c(-c2cccc(OC(F)F)c2)n1)/C(=N\C)C(=O)OC. The number of carbonyl (C=O) groups excluding carboxylic acids is 1. The monoisotopic (exact) mass is 421 g/mol. The minimum absolute atomic E-state index is 0.00486. The third kappa shape index (κ3) is 5.69. The van der Waals surface area contributed by atoms with Crippen molar-refractivity contribution in [3.8, 4) is 22.9 Å². The van der Waals surface area contributed by atoms with Crippen LogP contribution in [-0.4, -0.2) is 60.9 Å². The van der Waals surface area contributed by atoms with Crippen molar-refractivity contribution < 1.29 is 27.8 Å². The molecule has 0 atom stereocenters. The quantitative estimate of drug-likeness (QED) is 0.280. The fourth-order valence-corrected chi connectivity index (χ4v) is 2.49. The van der Waals surface area contributed by atoms with Crippen LogP contribution in [0.4, 0.5) is 8.78 Å². The Morgan fingerprint density at radius 1 is 1.37 bits per heavy atom. The molecule has 1 heterocycles. The van der Waals surface area contributed by atoms with Crippen molar-refractivity contribution in [1.29, 1.82) is 0 Å². The van der Waals surface area contributed by atoms with E-state index in [2.05, 4.69) is 36.3 Å². The topological polar surface area (TPSA) is 98.5 Å². The molecule has 160 valence electrons. The lowest BCUT2D eigenvalue weighted by molar-refractivity contribution is -0.133. The zero-order chi connectivity index (χ0) is 22.1.